The highest BCUT2D eigenvalue weighted by molar-refractivity contribution is 9.09. The molecule has 1 saturated heterocycles. The lowest BCUT2D eigenvalue weighted by molar-refractivity contribution is -0.161. The van der Waals surface area contributed by atoms with Crippen LogP contribution in [-0.2, 0) is 4.74 Å². The molecule has 100 valence electrons. The van der Waals surface area contributed by atoms with Crippen molar-refractivity contribution in [3.8, 4) is 0 Å². The van der Waals surface area contributed by atoms with Gasteiger partial charge in [-0.1, -0.05) is 37.9 Å². The highest BCUT2D eigenvalue weighted by Crippen LogP contribution is 2.47. The van der Waals surface area contributed by atoms with Crippen LogP contribution in [0.15, 0.2) is 12.3 Å². The lowest BCUT2D eigenvalue weighted by Gasteiger charge is -2.54. The quantitative estimate of drug-likeness (QED) is 0.600. The average Bonchev–Trinajstić information content (AvgIpc) is 2.81. The maximum atomic E-state index is 6.45. The molecule has 0 bridgehead atoms. The van der Waals surface area contributed by atoms with Gasteiger partial charge in [0.15, 0.2) is 0 Å². The first-order chi connectivity index (χ1) is 8.74. The number of ether oxygens (including phenoxy) is 1. The van der Waals surface area contributed by atoms with Gasteiger partial charge >= 0.3 is 0 Å². The molecule has 0 radical (unpaired) electrons. The van der Waals surface area contributed by atoms with Crippen molar-refractivity contribution in [2.45, 2.75) is 66.1 Å². The molecule has 2 saturated carbocycles. The van der Waals surface area contributed by atoms with E-state index in [4.69, 9.17) is 4.74 Å². The minimum absolute atomic E-state index is 0.465. The molecule has 4 rings (SSSR count). The van der Waals surface area contributed by atoms with E-state index < -0.39 is 0 Å². The van der Waals surface area contributed by atoms with E-state index in [1.54, 1.807) is 0 Å². The van der Waals surface area contributed by atoms with Gasteiger partial charge in [0, 0.05) is 15.6 Å². The fourth-order valence-corrected chi connectivity index (χ4v) is 5.72. The van der Waals surface area contributed by atoms with Crippen molar-refractivity contribution in [2.24, 2.45) is 5.92 Å². The van der Waals surface area contributed by atoms with Crippen LogP contribution >= 0.6 is 31.9 Å². The molecular formula is C14H19Br2NO. The Kier molecular flexibility index (Phi) is 3.05. The minimum Gasteiger partial charge on any atom is -0.371 e. The van der Waals surface area contributed by atoms with Gasteiger partial charge in [-0.2, -0.15) is 0 Å². The molecule has 0 aromatic carbocycles. The maximum Gasteiger partial charge on any atom is 0.0789 e. The van der Waals surface area contributed by atoms with Crippen molar-refractivity contribution < 1.29 is 4.74 Å². The van der Waals surface area contributed by atoms with Crippen LogP contribution in [0, 0.1) is 5.92 Å². The summed E-state index contributed by atoms with van der Waals surface area (Å²) in [6.07, 6.45) is 11.9. The third-order valence-electron chi connectivity index (χ3n) is 5.17. The predicted molar refractivity (Wildman–Crippen MR) is 79.2 cm³/mol. The summed E-state index contributed by atoms with van der Waals surface area (Å²) < 4.78 is 6.45. The van der Waals surface area contributed by atoms with Crippen molar-refractivity contribution in [3.05, 3.63) is 12.3 Å². The van der Waals surface area contributed by atoms with Crippen LogP contribution < -0.4 is 0 Å². The van der Waals surface area contributed by atoms with Gasteiger partial charge in [0.25, 0.3) is 0 Å². The summed E-state index contributed by atoms with van der Waals surface area (Å²) in [6, 6.07) is 1.20. The lowest BCUT2D eigenvalue weighted by atomic mass is 9.79. The van der Waals surface area contributed by atoms with E-state index in [1.807, 2.05) is 0 Å². The number of alkyl halides is 2. The number of fused-ring (bicyclic) bond motifs is 2. The van der Waals surface area contributed by atoms with Gasteiger partial charge in [-0.05, 0) is 38.3 Å². The molecule has 0 spiro atoms. The fourth-order valence-electron chi connectivity index (χ4n) is 4.32. The number of nitrogens with zero attached hydrogens (tertiary/aromatic N) is 1. The number of hydrogen-bond donors (Lipinski definition) is 0. The van der Waals surface area contributed by atoms with E-state index in [1.165, 1.54) is 32.1 Å². The van der Waals surface area contributed by atoms with Gasteiger partial charge in [0.05, 0.1) is 24.3 Å². The molecule has 0 aromatic rings. The summed E-state index contributed by atoms with van der Waals surface area (Å²) in [5.41, 5.74) is 0. The van der Waals surface area contributed by atoms with Crippen molar-refractivity contribution in [3.63, 3.8) is 0 Å². The van der Waals surface area contributed by atoms with E-state index in [9.17, 15) is 0 Å². The van der Waals surface area contributed by atoms with Crippen molar-refractivity contribution in [2.75, 3.05) is 0 Å². The third kappa shape index (κ3) is 1.75. The molecule has 2 heterocycles. The van der Waals surface area contributed by atoms with Crippen LogP contribution in [0.1, 0.15) is 32.1 Å². The second kappa shape index (κ2) is 4.49. The van der Waals surface area contributed by atoms with Gasteiger partial charge < -0.3 is 9.64 Å². The molecule has 3 fully saturated rings. The molecule has 0 aromatic heterocycles. The SMILES string of the molecule is BrC1CCC2OC3CCC(Br)C4C=CN(C2C1)C34. The van der Waals surface area contributed by atoms with E-state index in [0.29, 0.717) is 39.9 Å². The molecule has 4 aliphatic rings. The van der Waals surface area contributed by atoms with Crippen LogP contribution in [-0.4, -0.2) is 38.8 Å². The summed E-state index contributed by atoms with van der Waals surface area (Å²) in [6.45, 7) is 0. The summed E-state index contributed by atoms with van der Waals surface area (Å²) in [4.78, 5) is 3.96. The van der Waals surface area contributed by atoms with E-state index in [-0.39, 0.29) is 0 Å². The number of rotatable bonds is 0. The molecule has 2 aliphatic heterocycles. The van der Waals surface area contributed by atoms with Crippen molar-refractivity contribution in [1.82, 2.24) is 4.90 Å². The summed E-state index contributed by atoms with van der Waals surface area (Å²) >= 11 is 7.67. The molecule has 18 heavy (non-hydrogen) atoms. The van der Waals surface area contributed by atoms with Crippen molar-refractivity contribution >= 4 is 31.9 Å². The highest BCUT2D eigenvalue weighted by Gasteiger charge is 2.52. The Balaban J connectivity index is 1.63. The third-order valence-corrected chi connectivity index (χ3v) is 7.07. The normalized spacial score (nSPS) is 54.1. The van der Waals surface area contributed by atoms with Gasteiger partial charge in [-0.3, -0.25) is 0 Å². The average molecular weight is 377 g/mol. The Labute approximate surface area is 125 Å². The Morgan fingerprint density at radius 1 is 1.06 bits per heavy atom. The predicted octanol–water partition coefficient (Wildman–Crippen LogP) is 3.44. The molecule has 2 nitrogen and oxygen atoms in total. The molecule has 0 amide bonds. The molecular weight excluding hydrogens is 358 g/mol. The van der Waals surface area contributed by atoms with Gasteiger partial charge in [0.1, 0.15) is 0 Å². The Morgan fingerprint density at radius 2 is 1.89 bits per heavy atom. The Hall–Kier alpha value is 0.460. The van der Waals surface area contributed by atoms with E-state index in [2.05, 4.69) is 49.0 Å². The smallest absolute Gasteiger partial charge is 0.0789 e. The number of morpholine rings is 1. The van der Waals surface area contributed by atoms with E-state index >= 15 is 0 Å². The summed E-state index contributed by atoms with van der Waals surface area (Å²) in [5, 5.41) is 0. The Bertz CT molecular complexity index is 375. The van der Waals surface area contributed by atoms with Gasteiger partial charge in [-0.15, -0.1) is 0 Å². The van der Waals surface area contributed by atoms with Crippen LogP contribution in [0.25, 0.3) is 0 Å². The zero-order valence-electron chi connectivity index (χ0n) is 10.3. The second-order valence-corrected chi connectivity index (χ2v) is 8.61. The summed E-state index contributed by atoms with van der Waals surface area (Å²) in [7, 11) is 0. The van der Waals surface area contributed by atoms with Crippen LogP contribution in [0.5, 0.6) is 0 Å². The highest BCUT2D eigenvalue weighted by atomic mass is 79.9. The molecule has 7 unspecified atom stereocenters. The van der Waals surface area contributed by atoms with Gasteiger partial charge in [0.2, 0.25) is 0 Å². The number of hydrogen-bond acceptors (Lipinski definition) is 2. The zero-order valence-corrected chi connectivity index (χ0v) is 13.5. The largest absolute Gasteiger partial charge is 0.371 e. The Morgan fingerprint density at radius 3 is 2.78 bits per heavy atom. The minimum atomic E-state index is 0.465. The fraction of sp³-hybridized carbons (Fsp3) is 0.857. The standard InChI is InChI=1S/C14H19Br2NO/c15-8-1-3-12-11(7-8)17-6-5-9-10(16)2-4-13(18-12)14(9)17/h5-6,8-14H,1-4,7H2. The first-order valence-corrected chi connectivity index (χ1v) is 8.96. The lowest BCUT2D eigenvalue weighted by Crippen LogP contribution is -2.62. The monoisotopic (exact) mass is 375 g/mol. The number of halogens is 2. The first-order valence-electron chi connectivity index (χ1n) is 7.13. The van der Waals surface area contributed by atoms with E-state index in [0.717, 1.165) is 0 Å². The molecule has 2 aliphatic carbocycles. The zero-order chi connectivity index (χ0) is 12.3. The molecule has 7 atom stereocenters. The van der Waals surface area contributed by atoms with Crippen LogP contribution in [0.2, 0.25) is 0 Å². The topological polar surface area (TPSA) is 12.5 Å². The summed E-state index contributed by atoms with van der Waals surface area (Å²) in [5.74, 6) is 0.653. The molecule has 0 N–H and O–H groups in total. The maximum absolute atomic E-state index is 6.45. The molecule has 4 heteroatoms. The van der Waals surface area contributed by atoms with Crippen molar-refractivity contribution in [1.29, 1.82) is 0 Å². The second-order valence-electron chi connectivity index (χ2n) is 6.14. The van der Waals surface area contributed by atoms with Crippen LogP contribution in [0.3, 0.4) is 0 Å². The first kappa shape index (κ1) is 12.2. The van der Waals surface area contributed by atoms with Crippen LogP contribution in [0.4, 0.5) is 0 Å². The van der Waals surface area contributed by atoms with Gasteiger partial charge in [-0.25, -0.2) is 0 Å².